The fraction of sp³-hybridized carbons (Fsp3) is 0.500. The Kier molecular flexibility index (Phi) is 8.68. The first-order valence-corrected chi connectivity index (χ1v) is 4.93. The molecule has 1 nitrogen and oxygen atoms in total. The number of hydrogen-bond donors (Lipinski definition) is 1. The highest BCUT2D eigenvalue weighted by atomic mass is 16.3. The minimum Gasteiger partial charge on any atom is -0.389 e. The molecule has 0 aromatic carbocycles. The molecule has 0 radical (unpaired) electrons. The molecule has 0 amide bonds. The van der Waals surface area contributed by atoms with Gasteiger partial charge in [0, 0.05) is 0 Å². The van der Waals surface area contributed by atoms with E-state index in [0.717, 1.165) is 6.42 Å². The number of allylic oxidation sites excluding steroid dienone is 3. The summed E-state index contributed by atoms with van der Waals surface area (Å²) in [5.74, 6) is 0. The van der Waals surface area contributed by atoms with Crippen LogP contribution < -0.4 is 0 Å². The molecule has 1 atom stereocenters. The number of rotatable bonds is 7. The van der Waals surface area contributed by atoms with E-state index >= 15 is 0 Å². The van der Waals surface area contributed by atoms with Crippen LogP contribution in [0.2, 0.25) is 0 Å². The van der Waals surface area contributed by atoms with Crippen molar-refractivity contribution in [2.24, 2.45) is 0 Å². The van der Waals surface area contributed by atoms with Gasteiger partial charge in [0.05, 0.1) is 6.10 Å². The van der Waals surface area contributed by atoms with Crippen LogP contribution in [0.5, 0.6) is 0 Å². The number of unbranched alkanes of at least 4 members (excludes halogenated alkanes) is 2. The van der Waals surface area contributed by atoms with Gasteiger partial charge in [-0.25, -0.2) is 0 Å². The Morgan fingerprint density at radius 2 is 2.15 bits per heavy atom. The molecule has 0 aliphatic heterocycles. The molecule has 0 aliphatic carbocycles. The smallest absolute Gasteiger partial charge is 0.0758 e. The van der Waals surface area contributed by atoms with Crippen LogP contribution in [0.3, 0.4) is 0 Å². The number of hydrogen-bond acceptors (Lipinski definition) is 1. The Morgan fingerprint density at radius 3 is 2.77 bits per heavy atom. The summed E-state index contributed by atoms with van der Waals surface area (Å²) >= 11 is 0. The van der Waals surface area contributed by atoms with E-state index in [0.29, 0.717) is 6.42 Å². The molecule has 13 heavy (non-hydrogen) atoms. The first kappa shape index (κ1) is 12.2. The van der Waals surface area contributed by atoms with Crippen LogP contribution in [-0.2, 0) is 0 Å². The monoisotopic (exact) mass is 180 g/mol. The van der Waals surface area contributed by atoms with Crippen LogP contribution in [-0.4, -0.2) is 11.2 Å². The number of aliphatic hydroxyl groups excluding tert-OH is 1. The van der Waals surface area contributed by atoms with Gasteiger partial charge in [0.1, 0.15) is 0 Å². The Hall–Kier alpha value is -0.820. The lowest BCUT2D eigenvalue weighted by Crippen LogP contribution is -1.98. The van der Waals surface area contributed by atoms with Crippen LogP contribution in [0.15, 0.2) is 37.0 Å². The Bertz CT molecular complexity index is 168. The van der Waals surface area contributed by atoms with E-state index in [1.807, 2.05) is 12.2 Å². The van der Waals surface area contributed by atoms with Crippen LogP contribution in [0, 0.1) is 0 Å². The van der Waals surface area contributed by atoms with Gasteiger partial charge in [0.2, 0.25) is 0 Å². The second-order valence-electron chi connectivity index (χ2n) is 3.05. The summed E-state index contributed by atoms with van der Waals surface area (Å²) in [5.41, 5.74) is 0. The fourth-order valence-electron chi connectivity index (χ4n) is 0.939. The van der Waals surface area contributed by atoms with Gasteiger partial charge in [-0.15, -0.1) is 6.58 Å². The normalized spacial score (nSPS) is 14.0. The molecule has 0 aromatic heterocycles. The average Bonchev–Trinajstić information content (AvgIpc) is 2.11. The maximum absolute atomic E-state index is 9.26. The highest BCUT2D eigenvalue weighted by Gasteiger charge is 1.90. The number of aliphatic hydroxyl groups is 1. The Morgan fingerprint density at radius 1 is 1.38 bits per heavy atom. The maximum atomic E-state index is 9.26. The molecule has 0 saturated heterocycles. The van der Waals surface area contributed by atoms with E-state index in [1.54, 1.807) is 12.2 Å². The van der Waals surface area contributed by atoms with E-state index < -0.39 is 0 Å². The molecule has 0 fully saturated rings. The molecule has 74 valence electrons. The third-order valence-electron chi connectivity index (χ3n) is 1.71. The molecule has 0 rings (SSSR count). The topological polar surface area (TPSA) is 20.2 Å². The van der Waals surface area contributed by atoms with Crippen LogP contribution >= 0.6 is 0 Å². The minimum atomic E-state index is -0.381. The van der Waals surface area contributed by atoms with Crippen molar-refractivity contribution in [2.45, 2.75) is 38.7 Å². The van der Waals surface area contributed by atoms with Gasteiger partial charge in [0.25, 0.3) is 0 Å². The molecule has 1 N–H and O–H groups in total. The SMILES string of the molecule is C=CCC(O)C=CC=CCCCC. The van der Waals surface area contributed by atoms with Crippen LogP contribution in [0.4, 0.5) is 0 Å². The van der Waals surface area contributed by atoms with Crippen molar-refractivity contribution >= 4 is 0 Å². The zero-order valence-corrected chi connectivity index (χ0v) is 8.45. The zero-order valence-electron chi connectivity index (χ0n) is 8.45. The molecular weight excluding hydrogens is 160 g/mol. The fourth-order valence-corrected chi connectivity index (χ4v) is 0.939. The summed E-state index contributed by atoms with van der Waals surface area (Å²) in [6.07, 6.45) is 13.3. The zero-order chi connectivity index (χ0) is 9.94. The Balaban J connectivity index is 3.48. The van der Waals surface area contributed by atoms with E-state index in [4.69, 9.17) is 0 Å². The van der Waals surface area contributed by atoms with Crippen molar-refractivity contribution in [3.8, 4) is 0 Å². The van der Waals surface area contributed by atoms with Gasteiger partial charge in [-0.3, -0.25) is 0 Å². The molecule has 1 heteroatoms. The summed E-state index contributed by atoms with van der Waals surface area (Å²) in [6, 6.07) is 0. The van der Waals surface area contributed by atoms with Crippen molar-refractivity contribution < 1.29 is 5.11 Å². The van der Waals surface area contributed by atoms with Gasteiger partial charge in [-0.05, 0) is 12.8 Å². The quantitative estimate of drug-likeness (QED) is 0.362. The highest BCUT2D eigenvalue weighted by molar-refractivity contribution is 5.05. The van der Waals surface area contributed by atoms with E-state index in [2.05, 4.69) is 19.6 Å². The van der Waals surface area contributed by atoms with Crippen LogP contribution in [0.1, 0.15) is 32.6 Å². The van der Waals surface area contributed by atoms with Crippen molar-refractivity contribution in [3.63, 3.8) is 0 Å². The second kappa shape index (κ2) is 9.27. The standard InChI is InChI=1S/C12H20O/c1-3-5-6-7-8-9-11-12(13)10-4-2/h4,7-9,11-13H,2-3,5-6,10H2,1H3. The second-order valence-corrected chi connectivity index (χ2v) is 3.05. The largest absolute Gasteiger partial charge is 0.389 e. The van der Waals surface area contributed by atoms with Gasteiger partial charge in [-0.1, -0.05) is 50.1 Å². The highest BCUT2D eigenvalue weighted by Crippen LogP contribution is 1.97. The lowest BCUT2D eigenvalue weighted by molar-refractivity contribution is 0.227. The van der Waals surface area contributed by atoms with Crippen molar-refractivity contribution in [2.75, 3.05) is 0 Å². The molecule has 0 bridgehead atoms. The molecule has 1 unspecified atom stereocenters. The first-order valence-electron chi connectivity index (χ1n) is 4.93. The molecule has 0 aromatic rings. The molecule has 0 saturated carbocycles. The predicted octanol–water partition coefficient (Wildman–Crippen LogP) is 3.23. The Labute approximate surface area is 81.5 Å². The summed E-state index contributed by atoms with van der Waals surface area (Å²) < 4.78 is 0. The van der Waals surface area contributed by atoms with Crippen molar-refractivity contribution in [3.05, 3.63) is 37.0 Å². The first-order chi connectivity index (χ1) is 6.31. The molecule has 0 heterocycles. The third-order valence-corrected chi connectivity index (χ3v) is 1.71. The van der Waals surface area contributed by atoms with Gasteiger partial charge in [0.15, 0.2) is 0 Å². The summed E-state index contributed by atoms with van der Waals surface area (Å²) in [7, 11) is 0. The average molecular weight is 180 g/mol. The van der Waals surface area contributed by atoms with Gasteiger partial charge >= 0.3 is 0 Å². The lowest BCUT2D eigenvalue weighted by Gasteiger charge is -1.97. The minimum absolute atomic E-state index is 0.381. The van der Waals surface area contributed by atoms with E-state index in [-0.39, 0.29) is 6.10 Å². The maximum Gasteiger partial charge on any atom is 0.0758 e. The summed E-state index contributed by atoms with van der Waals surface area (Å²) in [6.45, 7) is 5.74. The third kappa shape index (κ3) is 9.09. The van der Waals surface area contributed by atoms with E-state index in [1.165, 1.54) is 12.8 Å². The van der Waals surface area contributed by atoms with Gasteiger partial charge < -0.3 is 5.11 Å². The van der Waals surface area contributed by atoms with Crippen molar-refractivity contribution in [1.82, 2.24) is 0 Å². The molecular formula is C12H20O. The summed E-state index contributed by atoms with van der Waals surface area (Å²) in [4.78, 5) is 0. The van der Waals surface area contributed by atoms with Crippen molar-refractivity contribution in [1.29, 1.82) is 0 Å². The molecule has 0 aliphatic rings. The summed E-state index contributed by atoms with van der Waals surface area (Å²) in [5, 5.41) is 9.26. The predicted molar refractivity (Wildman–Crippen MR) is 58.6 cm³/mol. The van der Waals surface area contributed by atoms with Gasteiger partial charge in [-0.2, -0.15) is 0 Å². The van der Waals surface area contributed by atoms with E-state index in [9.17, 15) is 5.11 Å². The lowest BCUT2D eigenvalue weighted by atomic mass is 10.2. The molecule has 0 spiro atoms. The van der Waals surface area contributed by atoms with Crippen LogP contribution in [0.25, 0.3) is 0 Å².